The molecule has 1 aromatic heterocycles. The van der Waals surface area contributed by atoms with E-state index >= 15 is 0 Å². The largest absolute Gasteiger partial charge is 0.478 e. The van der Waals surface area contributed by atoms with E-state index < -0.39 is 0 Å². The van der Waals surface area contributed by atoms with Gasteiger partial charge < -0.3 is 15.2 Å². The van der Waals surface area contributed by atoms with Crippen LogP contribution in [0, 0.1) is 5.82 Å². The van der Waals surface area contributed by atoms with Gasteiger partial charge in [0.25, 0.3) is 6.02 Å². The minimum absolute atomic E-state index is 0.0421. The lowest BCUT2D eigenvalue weighted by Gasteiger charge is -2.06. The highest BCUT2D eigenvalue weighted by Crippen LogP contribution is 2.10. The van der Waals surface area contributed by atoms with Crippen LogP contribution in [0.2, 0.25) is 0 Å². The predicted molar refractivity (Wildman–Crippen MR) is 55.7 cm³/mol. The number of hydrogen-bond acceptors (Lipinski definition) is 5. The van der Waals surface area contributed by atoms with Crippen LogP contribution in [0.15, 0.2) is 23.3 Å². The van der Waals surface area contributed by atoms with E-state index in [1.165, 1.54) is 12.1 Å². The third kappa shape index (κ3) is 2.82. The van der Waals surface area contributed by atoms with Gasteiger partial charge in [-0.1, -0.05) is 0 Å². The summed E-state index contributed by atoms with van der Waals surface area (Å²) in [5, 5.41) is 0. The number of aromatic nitrogens is 1. The summed E-state index contributed by atoms with van der Waals surface area (Å²) < 4.78 is 22.8. The van der Waals surface area contributed by atoms with E-state index in [2.05, 4.69) is 9.98 Å². The van der Waals surface area contributed by atoms with Gasteiger partial charge in [0.15, 0.2) is 0 Å². The Morgan fingerprint density at radius 3 is 3.06 bits per heavy atom. The van der Waals surface area contributed by atoms with Crippen molar-refractivity contribution in [3.63, 3.8) is 0 Å². The zero-order valence-corrected chi connectivity index (χ0v) is 8.60. The van der Waals surface area contributed by atoms with Crippen molar-refractivity contribution in [3.8, 4) is 5.88 Å². The Bertz CT molecular complexity index is 380. The molecule has 0 aliphatic carbocycles. The van der Waals surface area contributed by atoms with E-state index in [4.69, 9.17) is 15.2 Å². The summed E-state index contributed by atoms with van der Waals surface area (Å²) in [7, 11) is 0. The molecule has 0 bridgehead atoms. The standard InChI is InChI=1S/C10H12FN3O2/c11-7-1-2-9(13-5-7)15-4-3-8-6-16-10(12)14-8/h1-2,5,8H,3-4,6H2,(H2,12,14)/t8-/m0/s1. The molecule has 86 valence electrons. The van der Waals surface area contributed by atoms with Gasteiger partial charge in [-0.15, -0.1) is 0 Å². The van der Waals surface area contributed by atoms with Crippen LogP contribution in [0.3, 0.4) is 0 Å². The highest BCUT2D eigenvalue weighted by molar-refractivity contribution is 5.72. The van der Waals surface area contributed by atoms with Crippen LogP contribution in [0.25, 0.3) is 0 Å². The predicted octanol–water partition coefficient (Wildman–Crippen LogP) is 0.703. The molecular formula is C10H12FN3O2. The van der Waals surface area contributed by atoms with Crippen LogP contribution in [-0.2, 0) is 4.74 Å². The van der Waals surface area contributed by atoms with Crippen LogP contribution >= 0.6 is 0 Å². The van der Waals surface area contributed by atoms with Crippen molar-refractivity contribution in [1.82, 2.24) is 4.98 Å². The molecule has 1 aliphatic rings. The molecule has 1 aromatic rings. The minimum atomic E-state index is -0.381. The summed E-state index contributed by atoms with van der Waals surface area (Å²) in [5.41, 5.74) is 5.36. The Labute approximate surface area is 92.1 Å². The van der Waals surface area contributed by atoms with Gasteiger partial charge >= 0.3 is 0 Å². The number of halogens is 1. The number of ether oxygens (including phenoxy) is 2. The highest BCUT2D eigenvalue weighted by Gasteiger charge is 2.16. The fourth-order valence-electron chi connectivity index (χ4n) is 1.33. The molecule has 0 spiro atoms. The van der Waals surface area contributed by atoms with Crippen LogP contribution < -0.4 is 10.5 Å². The fourth-order valence-corrected chi connectivity index (χ4v) is 1.33. The van der Waals surface area contributed by atoms with Crippen molar-refractivity contribution in [2.45, 2.75) is 12.5 Å². The first kappa shape index (κ1) is 10.7. The van der Waals surface area contributed by atoms with Crippen molar-refractivity contribution in [1.29, 1.82) is 0 Å². The summed E-state index contributed by atoms with van der Waals surface area (Å²) in [6.07, 6.45) is 1.81. The van der Waals surface area contributed by atoms with Crippen molar-refractivity contribution in [2.75, 3.05) is 13.2 Å². The molecule has 0 amide bonds. The Morgan fingerprint density at radius 2 is 2.44 bits per heavy atom. The van der Waals surface area contributed by atoms with Crippen LogP contribution in [0.1, 0.15) is 6.42 Å². The lowest BCUT2D eigenvalue weighted by atomic mass is 10.2. The van der Waals surface area contributed by atoms with Gasteiger partial charge in [-0.25, -0.2) is 14.4 Å². The third-order valence-corrected chi connectivity index (χ3v) is 2.13. The molecule has 0 fully saturated rings. The van der Waals surface area contributed by atoms with Gasteiger partial charge in [0.2, 0.25) is 5.88 Å². The molecule has 0 unspecified atom stereocenters. The van der Waals surface area contributed by atoms with Gasteiger partial charge in [0, 0.05) is 12.5 Å². The smallest absolute Gasteiger partial charge is 0.282 e. The summed E-state index contributed by atoms with van der Waals surface area (Å²) in [4.78, 5) is 7.81. The zero-order valence-electron chi connectivity index (χ0n) is 8.60. The van der Waals surface area contributed by atoms with Gasteiger partial charge in [-0.3, -0.25) is 0 Å². The maximum Gasteiger partial charge on any atom is 0.282 e. The SMILES string of the molecule is NC1=N[C@@H](CCOc2ccc(F)cn2)CO1. The molecule has 0 aromatic carbocycles. The van der Waals surface area contributed by atoms with Gasteiger partial charge in [0.05, 0.1) is 18.8 Å². The Balaban J connectivity index is 1.74. The first-order valence-corrected chi connectivity index (χ1v) is 4.94. The minimum Gasteiger partial charge on any atom is -0.478 e. The Morgan fingerprint density at radius 1 is 1.56 bits per heavy atom. The van der Waals surface area contributed by atoms with Gasteiger partial charge in [-0.05, 0) is 6.07 Å². The van der Waals surface area contributed by atoms with E-state index in [9.17, 15) is 4.39 Å². The number of nitrogens with two attached hydrogens (primary N) is 1. The summed E-state index contributed by atoms with van der Waals surface area (Å²) >= 11 is 0. The summed E-state index contributed by atoms with van der Waals surface area (Å²) in [6, 6.07) is 3.06. The topological polar surface area (TPSA) is 69.7 Å². The number of hydrogen-bond donors (Lipinski definition) is 1. The zero-order chi connectivity index (χ0) is 11.4. The number of rotatable bonds is 4. The molecule has 2 N–H and O–H groups in total. The second-order valence-electron chi connectivity index (χ2n) is 3.38. The first-order chi connectivity index (χ1) is 7.74. The summed E-state index contributed by atoms with van der Waals surface area (Å²) in [5.74, 6) is 0.0196. The van der Waals surface area contributed by atoms with E-state index in [-0.39, 0.29) is 17.9 Å². The second kappa shape index (κ2) is 4.78. The maximum absolute atomic E-state index is 12.5. The normalized spacial score (nSPS) is 19.1. The average molecular weight is 225 g/mol. The van der Waals surface area contributed by atoms with Crippen molar-refractivity contribution in [3.05, 3.63) is 24.1 Å². The van der Waals surface area contributed by atoms with Crippen LogP contribution in [0.4, 0.5) is 4.39 Å². The van der Waals surface area contributed by atoms with Crippen LogP contribution in [0.5, 0.6) is 5.88 Å². The van der Waals surface area contributed by atoms with E-state index in [1.807, 2.05) is 0 Å². The number of aliphatic imine (C=N–C) groups is 1. The summed E-state index contributed by atoms with van der Waals surface area (Å²) in [6.45, 7) is 0.940. The lowest BCUT2D eigenvalue weighted by molar-refractivity contribution is 0.258. The quantitative estimate of drug-likeness (QED) is 0.819. The first-order valence-electron chi connectivity index (χ1n) is 4.94. The maximum atomic E-state index is 12.5. The van der Waals surface area contributed by atoms with E-state index in [0.29, 0.717) is 25.5 Å². The average Bonchev–Trinajstić information content (AvgIpc) is 2.67. The molecule has 0 radical (unpaired) electrons. The molecule has 0 saturated carbocycles. The van der Waals surface area contributed by atoms with Gasteiger partial charge in [0.1, 0.15) is 12.4 Å². The van der Waals surface area contributed by atoms with Crippen LogP contribution in [-0.4, -0.2) is 30.3 Å². The molecule has 6 heteroatoms. The molecule has 0 saturated heterocycles. The van der Waals surface area contributed by atoms with Crippen molar-refractivity contribution >= 4 is 6.02 Å². The van der Waals surface area contributed by atoms with Gasteiger partial charge in [-0.2, -0.15) is 0 Å². The molecule has 16 heavy (non-hydrogen) atoms. The molecule has 1 atom stereocenters. The van der Waals surface area contributed by atoms with Crippen molar-refractivity contribution < 1.29 is 13.9 Å². The fraction of sp³-hybridized carbons (Fsp3) is 0.400. The van der Waals surface area contributed by atoms with Crippen molar-refractivity contribution in [2.24, 2.45) is 10.7 Å². The molecule has 2 heterocycles. The Kier molecular flexibility index (Phi) is 3.19. The molecule has 1 aliphatic heterocycles. The second-order valence-corrected chi connectivity index (χ2v) is 3.38. The molecular weight excluding hydrogens is 213 g/mol. The molecule has 2 rings (SSSR count). The van der Waals surface area contributed by atoms with E-state index in [0.717, 1.165) is 6.20 Å². The molecule has 5 nitrogen and oxygen atoms in total. The number of amidine groups is 1. The highest BCUT2D eigenvalue weighted by atomic mass is 19.1. The Hall–Kier alpha value is -1.85. The monoisotopic (exact) mass is 225 g/mol. The number of nitrogens with zero attached hydrogens (tertiary/aromatic N) is 2. The number of pyridine rings is 1. The van der Waals surface area contributed by atoms with E-state index in [1.54, 1.807) is 0 Å². The third-order valence-electron chi connectivity index (χ3n) is 2.13. The lowest BCUT2D eigenvalue weighted by Crippen LogP contribution is -2.12.